The Morgan fingerprint density at radius 2 is 1.92 bits per heavy atom. The number of hydrogen-bond acceptors (Lipinski definition) is 5. The largest absolute Gasteiger partial charge is 0.494 e. The molecule has 1 amide bonds. The lowest BCUT2D eigenvalue weighted by Crippen LogP contribution is -2.50. The van der Waals surface area contributed by atoms with Gasteiger partial charge in [0, 0.05) is 42.8 Å². The summed E-state index contributed by atoms with van der Waals surface area (Å²) in [7, 11) is 3.18. The number of halogens is 3. The molecule has 2 aliphatic rings. The second kappa shape index (κ2) is 8.75. The van der Waals surface area contributed by atoms with Gasteiger partial charge in [-0.05, 0) is 43.9 Å². The van der Waals surface area contributed by atoms with Crippen LogP contribution in [0, 0.1) is 17.5 Å². The van der Waals surface area contributed by atoms with E-state index in [9.17, 15) is 18.0 Å². The normalized spacial score (nSPS) is 18.6. The van der Waals surface area contributed by atoms with Gasteiger partial charge < -0.3 is 9.64 Å². The summed E-state index contributed by atoms with van der Waals surface area (Å²) < 4.78 is 50.5. The molecule has 1 fully saturated rings. The molecule has 3 aromatic heterocycles. The Morgan fingerprint density at radius 1 is 1.14 bits per heavy atom. The third kappa shape index (κ3) is 3.59. The number of aromatic nitrogens is 5. The molecule has 4 aromatic rings. The smallest absolute Gasteiger partial charge is 0.260 e. The van der Waals surface area contributed by atoms with Crippen LogP contribution in [-0.2, 0) is 13.5 Å². The zero-order valence-corrected chi connectivity index (χ0v) is 20.2. The van der Waals surface area contributed by atoms with Gasteiger partial charge in [0.25, 0.3) is 5.91 Å². The van der Waals surface area contributed by atoms with E-state index in [1.165, 1.54) is 13.3 Å². The summed E-state index contributed by atoms with van der Waals surface area (Å²) in [5.41, 5.74) is 3.10. The maximum Gasteiger partial charge on any atom is 0.260 e. The van der Waals surface area contributed by atoms with Gasteiger partial charge in [-0.2, -0.15) is 10.2 Å². The Hall–Kier alpha value is -4.15. The van der Waals surface area contributed by atoms with Gasteiger partial charge in [0.1, 0.15) is 11.3 Å². The SMILES string of the molecule is COc1c(C(=O)N2[C@H]3CCC[C@@H]2c2nn(C)c(-c4cc(F)c(F)c(F)c4)c2C3)cncc1-n1cccn1. The number of ether oxygens (including phenoxy) is 1. The van der Waals surface area contributed by atoms with Crippen molar-refractivity contribution in [2.45, 2.75) is 37.8 Å². The van der Waals surface area contributed by atoms with E-state index < -0.39 is 17.5 Å². The predicted octanol–water partition coefficient (Wildman–Crippen LogP) is 4.39. The van der Waals surface area contributed by atoms with Crippen molar-refractivity contribution in [2.75, 3.05) is 7.11 Å². The van der Waals surface area contributed by atoms with Gasteiger partial charge >= 0.3 is 0 Å². The Morgan fingerprint density at radius 3 is 2.62 bits per heavy atom. The fourth-order valence-electron chi connectivity index (χ4n) is 5.72. The van der Waals surface area contributed by atoms with Crippen molar-refractivity contribution in [1.29, 1.82) is 0 Å². The molecular weight excluding hydrogens is 485 g/mol. The molecule has 5 heterocycles. The zero-order chi connectivity index (χ0) is 25.8. The van der Waals surface area contributed by atoms with Crippen molar-refractivity contribution in [3.63, 3.8) is 0 Å². The molecule has 190 valence electrons. The van der Waals surface area contributed by atoms with Gasteiger partial charge in [-0.25, -0.2) is 17.9 Å². The summed E-state index contributed by atoms with van der Waals surface area (Å²) in [6, 6.07) is 3.25. The highest BCUT2D eigenvalue weighted by molar-refractivity contribution is 5.98. The summed E-state index contributed by atoms with van der Waals surface area (Å²) in [4.78, 5) is 20.1. The second-order valence-corrected chi connectivity index (χ2v) is 9.30. The lowest BCUT2D eigenvalue weighted by molar-refractivity contribution is 0.0388. The van der Waals surface area contributed by atoms with E-state index in [0.29, 0.717) is 41.2 Å². The minimum atomic E-state index is -1.51. The van der Waals surface area contributed by atoms with Gasteiger partial charge in [0.15, 0.2) is 23.2 Å². The molecule has 11 heteroatoms. The Balaban J connectivity index is 1.43. The molecular formula is C26H23F3N6O2. The minimum absolute atomic E-state index is 0.157. The lowest BCUT2D eigenvalue weighted by Gasteiger charge is -2.45. The number of carbonyl (C=O) groups is 1. The van der Waals surface area contributed by atoms with Gasteiger partial charge in [-0.1, -0.05) is 0 Å². The van der Waals surface area contributed by atoms with Crippen molar-refractivity contribution >= 4 is 5.91 Å². The number of rotatable bonds is 4. The van der Waals surface area contributed by atoms with Crippen LogP contribution in [0.15, 0.2) is 43.0 Å². The van der Waals surface area contributed by atoms with Crippen molar-refractivity contribution < 1.29 is 22.7 Å². The number of methoxy groups -OCH3 is 1. The first kappa shape index (κ1) is 23.3. The topological polar surface area (TPSA) is 78.1 Å². The third-order valence-corrected chi connectivity index (χ3v) is 7.23. The molecule has 0 unspecified atom stereocenters. The van der Waals surface area contributed by atoms with Crippen LogP contribution in [-0.4, -0.2) is 48.5 Å². The molecule has 1 saturated heterocycles. The average Bonchev–Trinajstić information content (AvgIpc) is 3.54. The standard InChI is InChI=1S/C26H23F3N6O2/c1-33-24(14-9-18(27)22(29)19(28)10-14)16-11-15-5-3-6-20(23(16)32-33)35(15)26(36)17-12-30-13-21(25(17)37-2)34-8-4-7-31-34/h4,7-10,12-13,15,20H,3,5-6,11H2,1-2H3/t15-,20+/m0/s1. The third-order valence-electron chi connectivity index (χ3n) is 7.23. The van der Waals surface area contributed by atoms with E-state index >= 15 is 0 Å². The van der Waals surface area contributed by atoms with Crippen molar-refractivity contribution in [1.82, 2.24) is 29.4 Å². The van der Waals surface area contributed by atoms with Crippen LogP contribution in [0.3, 0.4) is 0 Å². The fourth-order valence-corrected chi connectivity index (χ4v) is 5.72. The van der Waals surface area contributed by atoms with E-state index in [4.69, 9.17) is 4.74 Å². The molecule has 0 saturated carbocycles. The number of pyridine rings is 1. The molecule has 2 atom stereocenters. The first-order chi connectivity index (χ1) is 17.9. The average molecular weight is 509 g/mol. The number of benzene rings is 1. The van der Waals surface area contributed by atoms with E-state index in [-0.39, 0.29) is 23.6 Å². The lowest BCUT2D eigenvalue weighted by atomic mass is 9.81. The number of carbonyl (C=O) groups excluding carboxylic acids is 1. The Labute approximate surface area is 210 Å². The summed E-state index contributed by atoms with van der Waals surface area (Å²) >= 11 is 0. The molecule has 0 N–H and O–H groups in total. The van der Waals surface area contributed by atoms with Gasteiger partial charge in [-0.15, -0.1) is 0 Å². The molecule has 6 rings (SSSR count). The monoisotopic (exact) mass is 508 g/mol. The van der Waals surface area contributed by atoms with Crippen molar-refractivity contribution in [3.05, 3.63) is 77.3 Å². The maximum absolute atomic E-state index is 14.1. The number of fused-ring (bicyclic) bond motifs is 4. The van der Waals surface area contributed by atoms with Crippen LogP contribution in [0.5, 0.6) is 5.75 Å². The number of aryl methyl sites for hydroxylation is 1. The molecule has 2 aliphatic heterocycles. The van der Waals surface area contributed by atoms with Crippen molar-refractivity contribution in [3.8, 4) is 22.7 Å². The minimum Gasteiger partial charge on any atom is -0.494 e. The molecule has 2 bridgehead atoms. The van der Waals surface area contributed by atoms with Crippen LogP contribution in [0.2, 0.25) is 0 Å². The van der Waals surface area contributed by atoms with E-state index in [0.717, 1.165) is 30.5 Å². The molecule has 0 aliphatic carbocycles. The molecule has 0 radical (unpaired) electrons. The van der Waals surface area contributed by atoms with Crippen LogP contribution >= 0.6 is 0 Å². The number of amides is 1. The highest BCUT2D eigenvalue weighted by atomic mass is 19.2. The van der Waals surface area contributed by atoms with Crippen LogP contribution < -0.4 is 4.74 Å². The fraction of sp³-hybridized carbons (Fsp3) is 0.308. The number of nitrogens with zero attached hydrogens (tertiary/aromatic N) is 6. The predicted molar refractivity (Wildman–Crippen MR) is 127 cm³/mol. The number of piperidine rings is 1. The van der Waals surface area contributed by atoms with Gasteiger partial charge in [0.2, 0.25) is 0 Å². The van der Waals surface area contributed by atoms with Gasteiger partial charge in [-0.3, -0.25) is 14.5 Å². The summed E-state index contributed by atoms with van der Waals surface area (Å²) in [5, 5.41) is 8.92. The second-order valence-electron chi connectivity index (χ2n) is 9.30. The van der Waals surface area contributed by atoms with Crippen LogP contribution in [0.1, 0.15) is 46.9 Å². The van der Waals surface area contributed by atoms with E-state index in [1.54, 1.807) is 41.1 Å². The quantitative estimate of drug-likeness (QED) is 0.382. The van der Waals surface area contributed by atoms with Crippen LogP contribution in [0.25, 0.3) is 16.9 Å². The summed E-state index contributed by atoms with van der Waals surface area (Å²) in [5.74, 6) is -3.88. The summed E-state index contributed by atoms with van der Waals surface area (Å²) in [6.45, 7) is 0. The Kier molecular flexibility index (Phi) is 5.50. The zero-order valence-electron chi connectivity index (χ0n) is 20.2. The first-order valence-electron chi connectivity index (χ1n) is 11.9. The van der Waals surface area contributed by atoms with E-state index in [1.807, 2.05) is 4.90 Å². The highest BCUT2D eigenvalue weighted by Gasteiger charge is 2.44. The molecule has 0 spiro atoms. The number of hydrogen-bond donors (Lipinski definition) is 0. The Bertz CT molecular complexity index is 1490. The molecule has 1 aromatic carbocycles. The van der Waals surface area contributed by atoms with Gasteiger partial charge in [0.05, 0.1) is 30.7 Å². The molecule has 8 nitrogen and oxygen atoms in total. The van der Waals surface area contributed by atoms with Crippen LogP contribution in [0.4, 0.5) is 13.2 Å². The highest BCUT2D eigenvalue weighted by Crippen LogP contribution is 2.46. The van der Waals surface area contributed by atoms with Crippen molar-refractivity contribution in [2.24, 2.45) is 7.05 Å². The maximum atomic E-state index is 14.1. The molecule has 37 heavy (non-hydrogen) atoms. The first-order valence-corrected chi connectivity index (χ1v) is 11.9. The summed E-state index contributed by atoms with van der Waals surface area (Å²) in [6.07, 6.45) is 9.26. The van der Waals surface area contributed by atoms with E-state index in [2.05, 4.69) is 15.2 Å².